The number of hydrogen-bond donors (Lipinski definition) is 4. The van der Waals surface area contributed by atoms with Gasteiger partial charge in [-0.1, -0.05) is 12.1 Å². The molecule has 1 aromatic heterocycles. The summed E-state index contributed by atoms with van der Waals surface area (Å²) in [4.78, 5) is 11.3. The number of methoxy groups -OCH3 is 1. The molecule has 0 amide bonds. The third kappa shape index (κ3) is 4.54. The number of rotatable bonds is 8. The molecule has 0 saturated heterocycles. The number of benzene rings is 3. The fourth-order valence-electron chi connectivity index (χ4n) is 3.10. The molecule has 0 aliphatic carbocycles. The van der Waals surface area contributed by atoms with Gasteiger partial charge in [0.1, 0.15) is 17.3 Å². The highest BCUT2D eigenvalue weighted by atomic mass is 32.2. The Morgan fingerprint density at radius 2 is 1.97 bits per heavy atom. The Labute approximate surface area is 186 Å². The molecular weight excluding hydrogens is 435 g/mol. The van der Waals surface area contributed by atoms with Crippen LogP contribution in [0.5, 0.6) is 11.5 Å². The van der Waals surface area contributed by atoms with Crippen LogP contribution in [0.2, 0.25) is 0 Å². The average molecular weight is 454 g/mol. The molecule has 1 heterocycles. The van der Waals surface area contributed by atoms with Crippen molar-refractivity contribution in [1.29, 1.82) is 0 Å². The van der Waals surface area contributed by atoms with Gasteiger partial charge in [0.2, 0.25) is 0 Å². The first kappa shape index (κ1) is 21.3. The van der Waals surface area contributed by atoms with Gasteiger partial charge < -0.3 is 25.0 Å². The quantitative estimate of drug-likeness (QED) is 0.286. The molecule has 0 atom stereocenters. The van der Waals surface area contributed by atoms with E-state index in [1.807, 2.05) is 30.3 Å². The number of nitrogens with one attached hydrogen (secondary N) is 2. The number of ether oxygens (including phenoxy) is 2. The van der Waals surface area contributed by atoms with E-state index in [0.29, 0.717) is 27.3 Å². The lowest BCUT2D eigenvalue weighted by molar-refractivity contribution is -0.139. The zero-order valence-electron chi connectivity index (χ0n) is 16.9. The van der Waals surface area contributed by atoms with E-state index in [-0.39, 0.29) is 11.6 Å². The summed E-state index contributed by atoms with van der Waals surface area (Å²) >= 11 is 1.14. The monoisotopic (exact) mass is 454 g/mol. The van der Waals surface area contributed by atoms with Crippen molar-refractivity contribution in [2.45, 2.75) is 4.90 Å². The fraction of sp³-hybridized carbons (Fsp3) is 0.0909. The minimum Gasteiger partial charge on any atom is -0.497 e. The molecule has 0 bridgehead atoms. The summed E-state index contributed by atoms with van der Waals surface area (Å²) in [6.45, 7) is -0.496. The highest BCUT2D eigenvalue weighted by Gasteiger charge is 2.14. The van der Waals surface area contributed by atoms with Gasteiger partial charge in [-0.15, -0.1) is 0 Å². The van der Waals surface area contributed by atoms with Crippen molar-refractivity contribution in [3.63, 3.8) is 0 Å². The molecule has 164 valence electrons. The van der Waals surface area contributed by atoms with Crippen LogP contribution in [-0.2, 0) is 4.79 Å². The van der Waals surface area contributed by atoms with E-state index in [1.165, 1.54) is 13.2 Å². The van der Waals surface area contributed by atoms with Crippen LogP contribution in [-0.4, -0.2) is 35.0 Å². The summed E-state index contributed by atoms with van der Waals surface area (Å²) in [5, 5.41) is 16.3. The number of halogens is 1. The van der Waals surface area contributed by atoms with Gasteiger partial charge in [0.05, 0.1) is 22.9 Å². The van der Waals surface area contributed by atoms with Crippen LogP contribution in [0, 0.1) is 5.82 Å². The van der Waals surface area contributed by atoms with Gasteiger partial charge in [0.25, 0.3) is 0 Å². The van der Waals surface area contributed by atoms with Crippen LogP contribution in [0.1, 0.15) is 0 Å². The zero-order valence-corrected chi connectivity index (χ0v) is 17.7. The second kappa shape index (κ2) is 9.06. The van der Waals surface area contributed by atoms with Crippen LogP contribution < -0.4 is 19.9 Å². The van der Waals surface area contributed by atoms with Crippen LogP contribution in [0.25, 0.3) is 22.0 Å². The Morgan fingerprint density at radius 1 is 1.19 bits per heavy atom. The minimum absolute atomic E-state index is 0.230. The largest absolute Gasteiger partial charge is 0.497 e. The summed E-state index contributed by atoms with van der Waals surface area (Å²) in [6.07, 6.45) is 0. The first-order chi connectivity index (χ1) is 15.4. The summed E-state index contributed by atoms with van der Waals surface area (Å²) < 4.78 is 27.7. The van der Waals surface area contributed by atoms with Crippen molar-refractivity contribution in [3.05, 3.63) is 60.4 Å². The second-order valence-electron chi connectivity index (χ2n) is 6.77. The number of nitrogens with two attached hydrogens (primary N) is 1. The maximum Gasteiger partial charge on any atom is 0.341 e. The van der Waals surface area contributed by atoms with Crippen LogP contribution in [0.4, 0.5) is 15.9 Å². The smallest absolute Gasteiger partial charge is 0.341 e. The second-order valence-corrected chi connectivity index (χ2v) is 7.61. The van der Waals surface area contributed by atoms with E-state index < -0.39 is 12.6 Å². The molecule has 5 N–H and O–H groups in total. The molecule has 4 rings (SSSR count). The third-order valence-corrected chi connectivity index (χ3v) is 5.51. The van der Waals surface area contributed by atoms with Gasteiger partial charge in [0.15, 0.2) is 12.4 Å². The maximum absolute atomic E-state index is 14.0. The van der Waals surface area contributed by atoms with E-state index >= 15 is 0 Å². The van der Waals surface area contributed by atoms with Crippen molar-refractivity contribution in [1.82, 2.24) is 10.2 Å². The number of H-pyrrole nitrogens is 1. The molecule has 8 nitrogen and oxygen atoms in total. The van der Waals surface area contributed by atoms with Gasteiger partial charge in [-0.3, -0.25) is 5.10 Å². The standard InChI is InChI=1S/C22H19FN4O4S/c1-30-15-6-7-16(23)19(10-15)32-27-14-4-2-12(3-5-14)13-8-17-21(22(24)26-25-17)18(9-13)31-11-20(28)29/h2-10,27H,11H2,1H3,(H,28,29)(H3,24,25,26). The van der Waals surface area contributed by atoms with Crippen molar-refractivity contribution >= 4 is 40.3 Å². The molecule has 0 spiro atoms. The van der Waals surface area contributed by atoms with E-state index in [0.717, 1.165) is 28.8 Å². The van der Waals surface area contributed by atoms with Gasteiger partial charge in [-0.05, 0) is 65.5 Å². The highest BCUT2D eigenvalue weighted by molar-refractivity contribution is 8.00. The van der Waals surface area contributed by atoms with Gasteiger partial charge >= 0.3 is 5.97 Å². The Hall–Kier alpha value is -3.92. The third-order valence-electron chi connectivity index (χ3n) is 4.64. The predicted octanol–water partition coefficient (Wildman–Crippen LogP) is 4.54. The SMILES string of the molecule is COc1ccc(F)c(SNc2ccc(-c3cc(OCC(=O)O)c4c(N)n[nH]c4c3)cc2)c1. The number of aromatic amines is 1. The number of nitrogen functional groups attached to an aromatic ring is 1. The van der Waals surface area contributed by atoms with Crippen LogP contribution in [0.3, 0.4) is 0 Å². The van der Waals surface area contributed by atoms with E-state index in [9.17, 15) is 9.18 Å². The normalized spacial score (nSPS) is 10.8. The number of carboxylic acid groups (broad SMARTS) is 1. The van der Waals surface area contributed by atoms with Gasteiger partial charge in [-0.2, -0.15) is 5.10 Å². The summed E-state index contributed by atoms with van der Waals surface area (Å²) in [5.41, 5.74) is 8.95. The lowest BCUT2D eigenvalue weighted by atomic mass is 10.0. The lowest BCUT2D eigenvalue weighted by Gasteiger charge is -2.11. The number of anilines is 2. The molecular formula is C22H19FN4O4S. The summed E-state index contributed by atoms with van der Waals surface area (Å²) in [5.74, 6) is -0.306. The summed E-state index contributed by atoms with van der Waals surface area (Å²) in [6, 6.07) is 15.6. The molecule has 10 heteroatoms. The number of fused-ring (bicyclic) bond motifs is 1. The molecule has 0 aliphatic rings. The van der Waals surface area contributed by atoms with Crippen LogP contribution >= 0.6 is 11.9 Å². The molecule has 0 fully saturated rings. The number of carboxylic acids is 1. The van der Waals surface area contributed by atoms with Crippen molar-refractivity contribution < 1.29 is 23.8 Å². The Balaban J connectivity index is 1.55. The average Bonchev–Trinajstić information content (AvgIpc) is 3.18. The minimum atomic E-state index is -1.09. The predicted molar refractivity (Wildman–Crippen MR) is 122 cm³/mol. The van der Waals surface area contributed by atoms with Gasteiger partial charge in [0, 0.05) is 5.69 Å². The van der Waals surface area contributed by atoms with E-state index in [4.69, 9.17) is 20.3 Å². The lowest BCUT2D eigenvalue weighted by Crippen LogP contribution is -2.09. The molecule has 3 aromatic carbocycles. The molecule has 32 heavy (non-hydrogen) atoms. The van der Waals surface area contributed by atoms with E-state index in [1.54, 1.807) is 18.2 Å². The number of nitrogens with zero attached hydrogens (tertiary/aromatic N) is 1. The first-order valence-electron chi connectivity index (χ1n) is 9.43. The van der Waals surface area contributed by atoms with E-state index in [2.05, 4.69) is 14.9 Å². The van der Waals surface area contributed by atoms with Crippen molar-refractivity contribution in [2.75, 3.05) is 24.2 Å². The Kier molecular flexibility index (Phi) is 6.04. The molecule has 4 aromatic rings. The molecule has 0 radical (unpaired) electrons. The number of aromatic nitrogens is 2. The van der Waals surface area contributed by atoms with Crippen molar-refractivity contribution in [3.8, 4) is 22.6 Å². The Morgan fingerprint density at radius 3 is 2.69 bits per heavy atom. The van der Waals surface area contributed by atoms with Gasteiger partial charge in [-0.25, -0.2) is 9.18 Å². The maximum atomic E-state index is 14.0. The molecule has 0 unspecified atom stereocenters. The number of aliphatic carboxylic acids is 1. The zero-order chi connectivity index (χ0) is 22.7. The molecule has 0 saturated carbocycles. The number of hydrogen-bond acceptors (Lipinski definition) is 7. The fourth-order valence-corrected chi connectivity index (χ4v) is 3.80. The summed E-state index contributed by atoms with van der Waals surface area (Å²) in [7, 11) is 1.53. The van der Waals surface area contributed by atoms with Crippen LogP contribution in [0.15, 0.2) is 59.5 Å². The highest BCUT2D eigenvalue weighted by Crippen LogP contribution is 2.35. The molecule has 0 aliphatic heterocycles. The Bertz CT molecular complexity index is 1280. The first-order valence-corrected chi connectivity index (χ1v) is 10.3. The topological polar surface area (TPSA) is 122 Å². The number of carbonyl (C=O) groups is 1. The van der Waals surface area contributed by atoms with Crippen molar-refractivity contribution in [2.24, 2.45) is 0 Å².